The van der Waals surface area contributed by atoms with Crippen LogP contribution < -0.4 is 20.1 Å². The van der Waals surface area contributed by atoms with Gasteiger partial charge in [-0.25, -0.2) is 13.4 Å². The molecule has 38 heavy (non-hydrogen) atoms. The van der Waals surface area contributed by atoms with E-state index in [-0.39, 0.29) is 46.1 Å². The number of alkyl halides is 3. The quantitative estimate of drug-likeness (QED) is 0.545. The van der Waals surface area contributed by atoms with Crippen LogP contribution in [0.15, 0.2) is 47.8 Å². The maximum atomic E-state index is 13.2. The first-order chi connectivity index (χ1) is 17.6. The van der Waals surface area contributed by atoms with E-state index in [1.807, 2.05) is 13.8 Å². The molecule has 0 aliphatic carbocycles. The molecule has 4 heterocycles. The minimum atomic E-state index is -4.60. The lowest BCUT2D eigenvalue weighted by molar-refractivity contribution is -0.153. The van der Waals surface area contributed by atoms with Crippen molar-refractivity contribution in [1.82, 2.24) is 20.5 Å². The molecule has 0 bridgehead atoms. The van der Waals surface area contributed by atoms with Crippen molar-refractivity contribution in [3.05, 3.63) is 53.3 Å². The van der Waals surface area contributed by atoms with Crippen LogP contribution in [-0.2, 0) is 14.6 Å². The average molecular weight is 554 g/mol. The highest BCUT2D eigenvalue weighted by molar-refractivity contribution is 7.91. The molecule has 1 amide bonds. The maximum Gasteiger partial charge on any atom is 0.422 e. The van der Waals surface area contributed by atoms with Crippen LogP contribution in [0.1, 0.15) is 39.2 Å². The number of ether oxygens (including phenoxy) is 2. The van der Waals surface area contributed by atoms with Crippen molar-refractivity contribution in [2.24, 2.45) is 0 Å². The number of nitriles is 1. The van der Waals surface area contributed by atoms with Gasteiger partial charge in [-0.1, -0.05) is 0 Å². The molecule has 0 saturated carbocycles. The molecule has 3 aliphatic rings. The van der Waals surface area contributed by atoms with Gasteiger partial charge in [-0.05, 0) is 45.8 Å². The van der Waals surface area contributed by atoms with Crippen LogP contribution in [0.2, 0.25) is 0 Å². The number of amides is 1. The molecule has 1 saturated heterocycles. The Morgan fingerprint density at radius 3 is 2.63 bits per heavy atom. The summed E-state index contributed by atoms with van der Waals surface area (Å²) in [6, 6.07) is 2.89. The van der Waals surface area contributed by atoms with Crippen LogP contribution in [0.5, 0.6) is 11.6 Å². The van der Waals surface area contributed by atoms with Gasteiger partial charge in [0, 0.05) is 29.7 Å². The number of hydrogen-bond donors (Lipinski definition) is 2. The zero-order chi connectivity index (χ0) is 27.9. The lowest BCUT2D eigenvalue weighted by atomic mass is 9.94. The number of halogens is 3. The summed E-state index contributed by atoms with van der Waals surface area (Å²) in [6.45, 7) is 3.75. The van der Waals surface area contributed by atoms with Crippen LogP contribution >= 0.6 is 0 Å². The number of nitrogens with one attached hydrogen (secondary N) is 2. The van der Waals surface area contributed by atoms with Gasteiger partial charge in [0.25, 0.3) is 11.8 Å². The van der Waals surface area contributed by atoms with E-state index < -0.39 is 33.8 Å². The summed E-state index contributed by atoms with van der Waals surface area (Å²) in [4.78, 5) is 18.8. The molecular weight excluding hydrogens is 527 g/mol. The summed E-state index contributed by atoms with van der Waals surface area (Å²) in [5, 5.41) is 15.2. The van der Waals surface area contributed by atoms with Crippen molar-refractivity contribution in [1.29, 1.82) is 5.26 Å². The number of fused-ring (bicyclic) bond motifs is 1. The Kier molecular flexibility index (Phi) is 6.85. The van der Waals surface area contributed by atoms with Crippen molar-refractivity contribution in [3.63, 3.8) is 0 Å². The summed E-state index contributed by atoms with van der Waals surface area (Å²) < 4.78 is 72.2. The molecule has 4 rings (SSSR count). The van der Waals surface area contributed by atoms with Gasteiger partial charge in [0.15, 0.2) is 12.4 Å². The van der Waals surface area contributed by atoms with Crippen LogP contribution in [-0.4, -0.2) is 59.7 Å². The van der Waals surface area contributed by atoms with Crippen molar-refractivity contribution < 1.29 is 35.9 Å². The fourth-order valence-corrected chi connectivity index (χ4v) is 6.04. The number of rotatable bonds is 6. The Labute approximate surface area is 217 Å². The molecule has 204 valence electrons. The van der Waals surface area contributed by atoms with Gasteiger partial charge in [-0.15, -0.1) is 0 Å². The maximum absolute atomic E-state index is 13.2. The number of carbonyl (C=O) groups is 1. The second-order valence-electron chi connectivity index (χ2n) is 9.78. The van der Waals surface area contributed by atoms with E-state index in [1.54, 1.807) is 36.2 Å². The third kappa shape index (κ3) is 5.88. The van der Waals surface area contributed by atoms with Crippen LogP contribution in [0, 0.1) is 11.3 Å². The van der Waals surface area contributed by atoms with Crippen molar-refractivity contribution in [3.8, 4) is 17.7 Å². The van der Waals surface area contributed by atoms with Gasteiger partial charge in [0.1, 0.15) is 33.0 Å². The number of hydrogen-bond acceptors (Lipinski definition) is 9. The number of pyridine rings is 1. The first-order valence-corrected chi connectivity index (χ1v) is 13.4. The zero-order valence-electron chi connectivity index (χ0n) is 20.8. The average Bonchev–Trinajstić information content (AvgIpc) is 3.11. The van der Waals surface area contributed by atoms with E-state index in [1.165, 1.54) is 0 Å². The predicted octanol–water partition coefficient (Wildman–Crippen LogP) is 2.62. The minimum Gasteiger partial charge on any atom is -0.478 e. The lowest BCUT2D eigenvalue weighted by Crippen LogP contribution is -2.53. The van der Waals surface area contributed by atoms with Gasteiger partial charge in [-0.2, -0.15) is 18.4 Å². The molecule has 0 spiro atoms. The number of carbonyl (C=O) groups excluding carboxylic acids is 1. The Morgan fingerprint density at radius 2 is 2.00 bits per heavy atom. The molecule has 3 aliphatic heterocycles. The van der Waals surface area contributed by atoms with Crippen molar-refractivity contribution in [2.75, 3.05) is 18.1 Å². The second kappa shape index (κ2) is 9.54. The van der Waals surface area contributed by atoms with Crippen LogP contribution in [0.25, 0.3) is 0 Å². The van der Waals surface area contributed by atoms with E-state index >= 15 is 0 Å². The first-order valence-electron chi connectivity index (χ1n) is 11.6. The lowest BCUT2D eigenvalue weighted by Gasteiger charge is -2.36. The largest absolute Gasteiger partial charge is 0.478 e. The highest BCUT2D eigenvalue weighted by Gasteiger charge is 2.43. The van der Waals surface area contributed by atoms with Gasteiger partial charge in [0.05, 0.1) is 17.1 Å². The number of allylic oxidation sites excluding steroid dienone is 2. The summed E-state index contributed by atoms with van der Waals surface area (Å²) in [5.74, 6) is -0.796. The highest BCUT2D eigenvalue weighted by Crippen LogP contribution is 2.36. The minimum absolute atomic E-state index is 0.00213. The Morgan fingerprint density at radius 1 is 1.32 bits per heavy atom. The van der Waals surface area contributed by atoms with E-state index in [4.69, 9.17) is 14.7 Å². The molecular formula is C24H26F3N5O5S. The topological polar surface area (TPSA) is 134 Å². The highest BCUT2D eigenvalue weighted by atomic mass is 32.2. The van der Waals surface area contributed by atoms with Gasteiger partial charge in [-0.3, -0.25) is 4.79 Å². The van der Waals surface area contributed by atoms with Crippen LogP contribution in [0.3, 0.4) is 0 Å². The summed E-state index contributed by atoms with van der Waals surface area (Å²) in [6.07, 6.45) is 2.00. The van der Waals surface area contributed by atoms with Gasteiger partial charge >= 0.3 is 6.18 Å². The van der Waals surface area contributed by atoms with E-state index in [0.29, 0.717) is 18.5 Å². The van der Waals surface area contributed by atoms with Crippen LogP contribution in [0.4, 0.5) is 13.2 Å². The number of nitrogens with zero attached hydrogens (tertiary/aromatic N) is 3. The second-order valence-corrected chi connectivity index (χ2v) is 12.1. The summed E-state index contributed by atoms with van der Waals surface area (Å²) in [7, 11) is -3.10. The number of aromatic nitrogens is 1. The molecule has 0 radical (unpaired) electrons. The summed E-state index contributed by atoms with van der Waals surface area (Å²) >= 11 is 0. The number of sulfone groups is 1. The molecule has 0 aromatic carbocycles. The Bertz CT molecular complexity index is 1380. The molecule has 1 unspecified atom stereocenters. The molecule has 2 N–H and O–H groups in total. The van der Waals surface area contributed by atoms with E-state index in [9.17, 15) is 26.4 Å². The van der Waals surface area contributed by atoms with Crippen molar-refractivity contribution >= 4 is 15.7 Å². The molecule has 1 atom stereocenters. The van der Waals surface area contributed by atoms with Gasteiger partial charge in [0.2, 0.25) is 0 Å². The monoisotopic (exact) mass is 553 g/mol. The third-order valence-electron chi connectivity index (χ3n) is 6.56. The summed E-state index contributed by atoms with van der Waals surface area (Å²) in [5.41, 5.74) is -0.680. The standard InChI is InChI=1S/C24H26F3N5O5S/c1-15-19(20(33)31-22(2)6-8-38(34,35)9-7-22)30-23(3)5-4-17(13-32(15)23)37-21-18(36-14-24(25,26)27)10-16(11-28)12-29-21/h4-5,10,12-13,30H,6-9,14H2,1-3H3,(H,31,33). The van der Waals surface area contributed by atoms with Crippen molar-refractivity contribution in [2.45, 2.75) is 51.0 Å². The van der Waals surface area contributed by atoms with E-state index in [2.05, 4.69) is 15.6 Å². The molecule has 1 fully saturated rings. The van der Waals surface area contributed by atoms with Gasteiger partial charge < -0.3 is 25.0 Å². The molecule has 10 nitrogen and oxygen atoms in total. The Hall–Kier alpha value is -3.73. The molecule has 1 aromatic heterocycles. The fraction of sp³-hybridized carbons (Fsp3) is 0.458. The first kappa shape index (κ1) is 27.3. The zero-order valence-corrected chi connectivity index (χ0v) is 21.7. The molecule has 14 heteroatoms. The van der Waals surface area contributed by atoms with E-state index in [0.717, 1.165) is 12.3 Å². The normalized spacial score (nSPS) is 23.6. The predicted molar refractivity (Wildman–Crippen MR) is 129 cm³/mol. The smallest absolute Gasteiger partial charge is 0.422 e. The molecule has 1 aromatic rings. The fourth-order valence-electron chi connectivity index (χ4n) is 4.32. The Balaban J connectivity index is 1.54. The SMILES string of the molecule is CC1=C(C(=O)NC2(C)CCS(=O)(=O)CC2)NC2(C)C=CC(Oc3ncc(C#N)cc3OCC(F)(F)F)=CN12. The third-order valence-corrected chi connectivity index (χ3v) is 8.21.